The van der Waals surface area contributed by atoms with Crippen molar-refractivity contribution < 1.29 is 8.83 Å². The zero-order valence-electron chi connectivity index (χ0n) is 12.2. The van der Waals surface area contributed by atoms with Gasteiger partial charge in [-0.05, 0) is 24.3 Å². The molecule has 0 aromatic carbocycles. The van der Waals surface area contributed by atoms with Crippen LogP contribution in [0.4, 0.5) is 0 Å². The fourth-order valence-corrected chi connectivity index (χ4v) is 2.57. The van der Waals surface area contributed by atoms with E-state index in [0.717, 1.165) is 0 Å². The number of furan rings is 2. The third-order valence-electron chi connectivity index (χ3n) is 3.68. The van der Waals surface area contributed by atoms with Crippen LogP contribution >= 0.6 is 0 Å². The lowest BCUT2D eigenvalue weighted by Crippen LogP contribution is -2.31. The van der Waals surface area contributed by atoms with E-state index in [9.17, 15) is 15.8 Å². The van der Waals surface area contributed by atoms with Gasteiger partial charge in [0.15, 0.2) is 0 Å². The van der Waals surface area contributed by atoms with Crippen molar-refractivity contribution in [3.8, 4) is 18.2 Å². The van der Waals surface area contributed by atoms with E-state index < -0.39 is 11.5 Å². The number of hydrazone groups is 1. The molecule has 1 atom stereocenters. The van der Waals surface area contributed by atoms with Crippen molar-refractivity contribution in [1.29, 1.82) is 15.8 Å². The maximum atomic E-state index is 9.62. The molecule has 0 radical (unpaired) electrons. The lowest BCUT2D eigenvalue weighted by atomic mass is 9.78. The van der Waals surface area contributed by atoms with E-state index in [1.54, 1.807) is 24.3 Å². The van der Waals surface area contributed by atoms with Crippen molar-refractivity contribution in [2.24, 2.45) is 16.3 Å². The summed E-state index contributed by atoms with van der Waals surface area (Å²) in [6, 6.07) is 11.2. The monoisotopic (exact) mass is 318 g/mol. The minimum atomic E-state index is -1.82. The Balaban J connectivity index is 2.15. The summed E-state index contributed by atoms with van der Waals surface area (Å²) in [4.78, 5) is 0. The molecule has 1 aliphatic rings. The van der Waals surface area contributed by atoms with Crippen LogP contribution in [0, 0.1) is 39.4 Å². The molecule has 0 fully saturated rings. The summed E-state index contributed by atoms with van der Waals surface area (Å²) < 4.78 is 10.5. The van der Waals surface area contributed by atoms with Gasteiger partial charge in [-0.25, -0.2) is 5.01 Å². The maximum Gasteiger partial charge on any atom is 0.211 e. The zero-order chi connectivity index (χ0) is 17.2. The standard InChI is InChI=1S/C16H10N6O2/c17-7-12-15(20)22(21-8-11-3-1-5-23-11)14(13-4-2-6-24-13)16(12,9-18)10-19/h1-6,8,14H,20H2. The molecule has 1 aliphatic heterocycles. The molecule has 0 aliphatic carbocycles. The quantitative estimate of drug-likeness (QED) is 0.853. The maximum absolute atomic E-state index is 9.62. The predicted octanol–water partition coefficient (Wildman–Crippen LogP) is 1.99. The molecule has 0 saturated heterocycles. The van der Waals surface area contributed by atoms with Crippen LogP contribution in [0.2, 0.25) is 0 Å². The number of rotatable bonds is 3. The number of hydrogen-bond acceptors (Lipinski definition) is 8. The highest BCUT2D eigenvalue weighted by Gasteiger charge is 2.57. The van der Waals surface area contributed by atoms with E-state index in [4.69, 9.17) is 14.6 Å². The van der Waals surface area contributed by atoms with Crippen molar-refractivity contribution in [3.05, 3.63) is 59.7 Å². The molecule has 1 unspecified atom stereocenters. The smallest absolute Gasteiger partial charge is 0.211 e. The average molecular weight is 318 g/mol. The van der Waals surface area contributed by atoms with Gasteiger partial charge in [-0.1, -0.05) is 0 Å². The van der Waals surface area contributed by atoms with Crippen molar-refractivity contribution in [2.75, 3.05) is 0 Å². The lowest BCUT2D eigenvalue weighted by molar-refractivity contribution is 0.208. The SMILES string of the molecule is N#CC1=C(N)N(N=Cc2ccco2)C(c2ccco2)C1(C#N)C#N. The lowest BCUT2D eigenvalue weighted by Gasteiger charge is -2.25. The molecule has 0 amide bonds. The predicted molar refractivity (Wildman–Crippen MR) is 80.1 cm³/mol. The van der Waals surface area contributed by atoms with E-state index in [2.05, 4.69) is 5.10 Å². The average Bonchev–Trinajstić information content (AvgIpc) is 3.33. The van der Waals surface area contributed by atoms with Gasteiger partial charge in [0, 0.05) is 0 Å². The summed E-state index contributed by atoms with van der Waals surface area (Å²) in [5.41, 5.74) is 4.01. The van der Waals surface area contributed by atoms with Gasteiger partial charge in [-0.3, -0.25) is 0 Å². The molecule has 116 valence electrons. The Labute approximate surface area is 136 Å². The van der Waals surface area contributed by atoms with Gasteiger partial charge in [-0.2, -0.15) is 20.9 Å². The summed E-state index contributed by atoms with van der Waals surface area (Å²) in [6.07, 6.45) is 4.26. The Hall–Kier alpha value is -3.96. The van der Waals surface area contributed by atoms with Crippen molar-refractivity contribution >= 4 is 6.21 Å². The number of hydrogen-bond donors (Lipinski definition) is 1. The molecule has 3 rings (SSSR count). The van der Waals surface area contributed by atoms with Crippen molar-refractivity contribution in [3.63, 3.8) is 0 Å². The molecule has 8 heteroatoms. The van der Waals surface area contributed by atoms with Crippen LogP contribution in [0.25, 0.3) is 0 Å². The van der Waals surface area contributed by atoms with Gasteiger partial charge in [0.05, 0.1) is 30.9 Å². The van der Waals surface area contributed by atoms with Crippen LogP contribution in [0.15, 0.2) is 62.1 Å². The molecule has 3 heterocycles. The van der Waals surface area contributed by atoms with Crippen LogP contribution in [0.1, 0.15) is 17.6 Å². The Kier molecular flexibility index (Phi) is 3.54. The first kappa shape index (κ1) is 15.0. The van der Waals surface area contributed by atoms with E-state index in [0.29, 0.717) is 11.5 Å². The van der Waals surface area contributed by atoms with E-state index in [1.165, 1.54) is 23.7 Å². The Morgan fingerprint density at radius 1 is 1.17 bits per heavy atom. The summed E-state index contributed by atoms with van der Waals surface area (Å²) >= 11 is 0. The molecular weight excluding hydrogens is 308 g/mol. The van der Waals surface area contributed by atoms with E-state index in [1.807, 2.05) is 18.2 Å². The van der Waals surface area contributed by atoms with Crippen LogP contribution < -0.4 is 5.73 Å². The minimum absolute atomic E-state index is 0.0789. The minimum Gasteiger partial charge on any atom is -0.467 e. The fourth-order valence-electron chi connectivity index (χ4n) is 2.57. The van der Waals surface area contributed by atoms with Gasteiger partial charge in [0.1, 0.15) is 35.0 Å². The van der Waals surface area contributed by atoms with Crippen LogP contribution in [-0.2, 0) is 0 Å². The molecule has 0 spiro atoms. The highest BCUT2D eigenvalue weighted by Crippen LogP contribution is 2.51. The summed E-state index contributed by atoms with van der Waals surface area (Å²) in [6.45, 7) is 0. The van der Waals surface area contributed by atoms with Gasteiger partial charge >= 0.3 is 0 Å². The molecular formula is C16H10N6O2. The Bertz CT molecular complexity index is 905. The van der Waals surface area contributed by atoms with Crippen LogP contribution in [0.3, 0.4) is 0 Å². The molecule has 2 aromatic rings. The molecule has 2 N–H and O–H groups in total. The first-order valence-corrected chi connectivity index (χ1v) is 6.81. The van der Waals surface area contributed by atoms with Crippen molar-refractivity contribution in [2.45, 2.75) is 6.04 Å². The number of nitrogens with two attached hydrogens (primary N) is 1. The van der Waals surface area contributed by atoms with Crippen molar-refractivity contribution in [1.82, 2.24) is 5.01 Å². The zero-order valence-corrected chi connectivity index (χ0v) is 12.2. The third-order valence-corrected chi connectivity index (χ3v) is 3.68. The third kappa shape index (κ3) is 2.01. The summed E-state index contributed by atoms with van der Waals surface area (Å²) in [5, 5.41) is 34.1. The molecule has 8 nitrogen and oxygen atoms in total. The van der Waals surface area contributed by atoms with Crippen LogP contribution in [0.5, 0.6) is 0 Å². The summed E-state index contributed by atoms with van der Waals surface area (Å²) in [7, 11) is 0. The van der Waals surface area contributed by atoms with Gasteiger partial charge in [0.25, 0.3) is 0 Å². The Morgan fingerprint density at radius 3 is 2.42 bits per heavy atom. The van der Waals surface area contributed by atoms with Crippen LogP contribution in [-0.4, -0.2) is 11.2 Å². The molecule has 0 saturated carbocycles. The number of nitriles is 3. The van der Waals surface area contributed by atoms with Gasteiger partial charge in [-0.15, -0.1) is 0 Å². The molecule has 0 bridgehead atoms. The first-order chi connectivity index (χ1) is 11.7. The second kappa shape index (κ2) is 5.68. The molecule has 24 heavy (non-hydrogen) atoms. The van der Waals surface area contributed by atoms with Gasteiger partial charge in [0.2, 0.25) is 5.41 Å². The second-order valence-electron chi connectivity index (χ2n) is 4.93. The van der Waals surface area contributed by atoms with Gasteiger partial charge < -0.3 is 14.6 Å². The topological polar surface area (TPSA) is 139 Å². The Morgan fingerprint density at radius 2 is 1.88 bits per heavy atom. The van der Waals surface area contributed by atoms with E-state index in [-0.39, 0.29) is 11.4 Å². The van der Waals surface area contributed by atoms with E-state index >= 15 is 0 Å². The highest BCUT2D eigenvalue weighted by molar-refractivity contribution is 5.75. The second-order valence-corrected chi connectivity index (χ2v) is 4.93. The molecule has 2 aromatic heterocycles. The fraction of sp³-hybridized carbons (Fsp3) is 0.125. The largest absolute Gasteiger partial charge is 0.467 e. The number of nitrogens with zero attached hydrogens (tertiary/aromatic N) is 5. The first-order valence-electron chi connectivity index (χ1n) is 6.81. The highest BCUT2D eigenvalue weighted by atomic mass is 16.3. The summed E-state index contributed by atoms with van der Waals surface area (Å²) in [5.74, 6) is 0.665. The normalized spacial score (nSPS) is 19.2.